The third-order valence-corrected chi connectivity index (χ3v) is 10.6. The van der Waals surface area contributed by atoms with E-state index in [0.717, 1.165) is 109 Å². The lowest BCUT2D eigenvalue weighted by Crippen LogP contribution is -2.30. The Kier molecular flexibility index (Phi) is 49.5. The van der Waals surface area contributed by atoms with Crippen LogP contribution in [0.4, 0.5) is 0 Å². The van der Waals surface area contributed by atoms with Crippen LogP contribution < -0.4 is 0 Å². The first-order valence-corrected chi connectivity index (χ1v) is 25.8. The van der Waals surface area contributed by atoms with E-state index in [1.807, 2.05) is 0 Å². The van der Waals surface area contributed by atoms with Gasteiger partial charge in [-0.2, -0.15) is 0 Å². The first-order valence-electron chi connectivity index (χ1n) is 25.8. The van der Waals surface area contributed by atoms with Gasteiger partial charge >= 0.3 is 11.9 Å². The van der Waals surface area contributed by atoms with Crippen molar-refractivity contribution in [3.8, 4) is 0 Å². The minimum absolute atomic E-state index is 0.0477. The van der Waals surface area contributed by atoms with E-state index in [1.165, 1.54) is 83.5 Å². The molecular weight excluding hydrogens is 765 g/mol. The number of rotatable bonds is 46. The first kappa shape index (κ1) is 58.8. The molecule has 0 heterocycles. The van der Waals surface area contributed by atoms with E-state index in [-0.39, 0.29) is 25.2 Å². The van der Waals surface area contributed by atoms with Crippen molar-refractivity contribution in [3.63, 3.8) is 0 Å². The van der Waals surface area contributed by atoms with Crippen LogP contribution in [0.2, 0.25) is 0 Å². The van der Waals surface area contributed by atoms with Gasteiger partial charge in [0.25, 0.3) is 0 Å². The molecule has 0 bridgehead atoms. The van der Waals surface area contributed by atoms with Crippen molar-refractivity contribution in [2.24, 2.45) is 0 Å². The molecule has 0 aliphatic carbocycles. The van der Waals surface area contributed by atoms with Gasteiger partial charge in [0.05, 0.1) is 6.61 Å². The van der Waals surface area contributed by atoms with E-state index in [2.05, 4.69) is 118 Å². The highest BCUT2D eigenvalue weighted by atomic mass is 16.6. The molecule has 0 saturated carbocycles. The zero-order valence-corrected chi connectivity index (χ0v) is 40.6. The maximum absolute atomic E-state index is 12.8. The average molecular weight is 861 g/mol. The van der Waals surface area contributed by atoms with Gasteiger partial charge < -0.3 is 14.2 Å². The number of esters is 2. The molecule has 0 aromatic rings. The maximum Gasteiger partial charge on any atom is 0.306 e. The van der Waals surface area contributed by atoms with Gasteiger partial charge in [-0.1, -0.05) is 221 Å². The fraction of sp³-hybridized carbons (Fsp3) is 0.684. The Morgan fingerprint density at radius 3 is 1.16 bits per heavy atom. The zero-order valence-electron chi connectivity index (χ0n) is 40.6. The van der Waals surface area contributed by atoms with Crippen LogP contribution in [0.25, 0.3) is 0 Å². The highest BCUT2D eigenvalue weighted by Gasteiger charge is 2.17. The number of allylic oxidation sites excluding steroid dienone is 16. The van der Waals surface area contributed by atoms with Crippen molar-refractivity contribution in [3.05, 3.63) is 97.2 Å². The summed E-state index contributed by atoms with van der Waals surface area (Å²) in [6, 6.07) is 0. The van der Waals surface area contributed by atoms with Crippen LogP contribution in [0.1, 0.15) is 226 Å². The Morgan fingerprint density at radius 2 is 0.726 bits per heavy atom. The Balaban J connectivity index is 4.39. The molecule has 0 aromatic heterocycles. The average Bonchev–Trinajstić information content (AvgIpc) is 3.27. The highest BCUT2D eigenvalue weighted by Crippen LogP contribution is 2.15. The lowest BCUT2D eigenvalue weighted by Gasteiger charge is -2.18. The van der Waals surface area contributed by atoms with Crippen molar-refractivity contribution in [2.45, 2.75) is 232 Å². The maximum atomic E-state index is 12.8. The van der Waals surface area contributed by atoms with E-state index in [4.69, 9.17) is 14.2 Å². The largest absolute Gasteiger partial charge is 0.462 e. The summed E-state index contributed by atoms with van der Waals surface area (Å²) in [5.74, 6) is -0.454. The molecule has 0 aliphatic rings. The molecule has 1 atom stereocenters. The number of ether oxygens (including phenoxy) is 3. The summed E-state index contributed by atoms with van der Waals surface area (Å²) >= 11 is 0. The molecule has 62 heavy (non-hydrogen) atoms. The van der Waals surface area contributed by atoms with Crippen LogP contribution in [0, 0.1) is 0 Å². The predicted octanol–water partition coefficient (Wildman–Crippen LogP) is 17.5. The predicted molar refractivity (Wildman–Crippen MR) is 270 cm³/mol. The van der Waals surface area contributed by atoms with Crippen LogP contribution in [-0.4, -0.2) is 37.9 Å². The molecule has 1 unspecified atom stereocenters. The summed E-state index contributed by atoms with van der Waals surface area (Å²) in [5, 5.41) is 0. The summed E-state index contributed by atoms with van der Waals surface area (Å²) in [4.78, 5) is 25.4. The van der Waals surface area contributed by atoms with Gasteiger partial charge in [0.15, 0.2) is 6.10 Å². The fourth-order valence-corrected chi connectivity index (χ4v) is 6.86. The van der Waals surface area contributed by atoms with Gasteiger partial charge in [0, 0.05) is 19.4 Å². The second kappa shape index (κ2) is 52.2. The summed E-state index contributed by atoms with van der Waals surface area (Å²) in [6.07, 6.45) is 70.0. The molecule has 0 aromatic carbocycles. The van der Waals surface area contributed by atoms with Gasteiger partial charge in [-0.05, 0) is 89.9 Å². The van der Waals surface area contributed by atoms with Gasteiger partial charge in [-0.15, -0.1) is 0 Å². The molecule has 5 heteroatoms. The van der Waals surface area contributed by atoms with Crippen molar-refractivity contribution < 1.29 is 23.8 Å². The van der Waals surface area contributed by atoms with Crippen molar-refractivity contribution >= 4 is 11.9 Å². The number of hydrogen-bond donors (Lipinski definition) is 0. The summed E-state index contributed by atoms with van der Waals surface area (Å²) in [6.45, 7) is 7.44. The molecule has 0 spiro atoms. The first-order chi connectivity index (χ1) is 30.6. The summed E-state index contributed by atoms with van der Waals surface area (Å²) in [5.41, 5.74) is 0. The normalized spacial score (nSPS) is 13.0. The summed E-state index contributed by atoms with van der Waals surface area (Å²) < 4.78 is 17.3. The van der Waals surface area contributed by atoms with Crippen LogP contribution in [0.5, 0.6) is 0 Å². The van der Waals surface area contributed by atoms with Gasteiger partial charge in [0.1, 0.15) is 6.61 Å². The van der Waals surface area contributed by atoms with E-state index in [0.29, 0.717) is 19.4 Å². The number of unbranched alkanes of at least 4 members (excludes halogenated alkanes) is 19. The third-order valence-electron chi connectivity index (χ3n) is 10.6. The van der Waals surface area contributed by atoms with E-state index >= 15 is 0 Å². The molecular formula is C57H96O5. The molecule has 5 nitrogen and oxygen atoms in total. The van der Waals surface area contributed by atoms with Gasteiger partial charge in [-0.3, -0.25) is 9.59 Å². The molecule has 0 radical (unpaired) electrons. The molecule has 0 rings (SSSR count). The van der Waals surface area contributed by atoms with Gasteiger partial charge in [0.2, 0.25) is 0 Å². The Labute approximate surface area is 383 Å². The van der Waals surface area contributed by atoms with Crippen LogP contribution >= 0.6 is 0 Å². The molecule has 0 saturated heterocycles. The lowest BCUT2D eigenvalue weighted by molar-refractivity contribution is -0.163. The minimum Gasteiger partial charge on any atom is -0.462 e. The van der Waals surface area contributed by atoms with Gasteiger partial charge in [-0.25, -0.2) is 0 Å². The van der Waals surface area contributed by atoms with Crippen molar-refractivity contribution in [1.82, 2.24) is 0 Å². The molecule has 354 valence electrons. The topological polar surface area (TPSA) is 61.8 Å². The smallest absolute Gasteiger partial charge is 0.306 e. The number of carbonyl (C=O) groups excluding carboxylic acids is 2. The van der Waals surface area contributed by atoms with Crippen molar-refractivity contribution in [2.75, 3.05) is 19.8 Å². The van der Waals surface area contributed by atoms with Crippen LogP contribution in [0.3, 0.4) is 0 Å². The SMILES string of the molecule is CC/C=C\C/C=C\C/C=C\C/C=C\CCCCCCC(=O)OCC(COCCC/C=C\C/C=C\C/C=C\C/C=C\CC)OC(=O)CCCCCCCCCCCCCCCCC. The summed E-state index contributed by atoms with van der Waals surface area (Å²) in [7, 11) is 0. The van der Waals surface area contributed by atoms with E-state index < -0.39 is 6.10 Å². The third kappa shape index (κ3) is 49.5. The van der Waals surface area contributed by atoms with Crippen LogP contribution in [0.15, 0.2) is 97.2 Å². The second-order valence-electron chi connectivity index (χ2n) is 16.7. The molecule has 0 aliphatic heterocycles. The number of carbonyl (C=O) groups is 2. The molecule has 0 fully saturated rings. The van der Waals surface area contributed by atoms with Crippen LogP contribution in [-0.2, 0) is 23.8 Å². The Hall–Kier alpha value is -3.18. The monoisotopic (exact) mass is 861 g/mol. The second-order valence-corrected chi connectivity index (χ2v) is 16.7. The van der Waals surface area contributed by atoms with E-state index in [1.54, 1.807) is 0 Å². The molecule has 0 N–H and O–H groups in total. The fourth-order valence-electron chi connectivity index (χ4n) is 6.86. The Morgan fingerprint density at radius 1 is 0.371 bits per heavy atom. The Bertz CT molecular complexity index is 1200. The molecule has 0 amide bonds. The quantitative estimate of drug-likeness (QED) is 0.0347. The zero-order chi connectivity index (χ0) is 44.9. The number of hydrogen-bond acceptors (Lipinski definition) is 5. The van der Waals surface area contributed by atoms with Crippen molar-refractivity contribution in [1.29, 1.82) is 0 Å². The lowest BCUT2D eigenvalue weighted by atomic mass is 10.0. The minimum atomic E-state index is -0.578. The highest BCUT2D eigenvalue weighted by molar-refractivity contribution is 5.70. The standard InChI is InChI=1S/C57H96O5/c1-4-7-10-13-16-19-22-25-28-29-31-32-35-38-41-44-47-50-56(58)61-54-55(53-60-52-49-46-43-40-37-34-27-24-21-18-15-12-9-6-3)62-57(59)51-48-45-42-39-36-33-30-26-23-20-17-14-11-8-5-2/h7,9-10,12,16,18-19,21,25,27-28,31-32,34,40,43,55H,4-6,8,11,13-15,17,20,22-24,26,29-30,33,35-39,41-42,44-54H2,1-3H3/b10-7-,12-9-,19-16-,21-18-,28-25-,32-31-,34-27-,43-40-. The van der Waals surface area contributed by atoms with E-state index in [9.17, 15) is 9.59 Å².